The first-order chi connectivity index (χ1) is 9.32. The van der Waals surface area contributed by atoms with Crippen LogP contribution in [0.25, 0.3) is 0 Å². The van der Waals surface area contributed by atoms with Crippen LogP contribution in [0.4, 0.5) is 10.1 Å². The van der Waals surface area contributed by atoms with E-state index in [0.29, 0.717) is 5.69 Å². The summed E-state index contributed by atoms with van der Waals surface area (Å²) in [5, 5.41) is 7.72. The minimum Gasteiger partial charge on any atom is -0.339 e. The minimum atomic E-state index is -1.90. The van der Waals surface area contributed by atoms with Crippen molar-refractivity contribution < 1.29 is 9.18 Å². The van der Waals surface area contributed by atoms with E-state index in [-0.39, 0.29) is 5.11 Å². The van der Waals surface area contributed by atoms with Crippen molar-refractivity contribution in [2.24, 2.45) is 0 Å². The van der Waals surface area contributed by atoms with Crippen molar-refractivity contribution in [3.8, 4) is 0 Å². The van der Waals surface area contributed by atoms with Gasteiger partial charge in [-0.05, 0) is 24.4 Å². The lowest BCUT2D eigenvalue weighted by Crippen LogP contribution is -2.56. The second-order valence-corrected chi connectivity index (χ2v) is 6.42. The Balaban J connectivity index is 2.65. The summed E-state index contributed by atoms with van der Waals surface area (Å²) in [6.45, 7) is -1.22. The molecular formula is C11H11Cl3FN3OS. The van der Waals surface area contributed by atoms with Gasteiger partial charge in [-0.1, -0.05) is 53.0 Å². The van der Waals surface area contributed by atoms with Gasteiger partial charge in [-0.3, -0.25) is 4.79 Å². The van der Waals surface area contributed by atoms with Crippen LogP contribution in [0.5, 0.6) is 0 Å². The molecule has 0 unspecified atom stereocenters. The van der Waals surface area contributed by atoms with Crippen molar-refractivity contribution in [1.29, 1.82) is 0 Å². The van der Waals surface area contributed by atoms with Gasteiger partial charge in [-0.25, -0.2) is 4.39 Å². The first kappa shape index (κ1) is 17.2. The fraction of sp³-hybridized carbons (Fsp3) is 0.273. The van der Waals surface area contributed by atoms with Crippen LogP contribution in [-0.4, -0.2) is 27.7 Å². The minimum absolute atomic E-state index is 0.117. The van der Waals surface area contributed by atoms with Crippen LogP contribution >= 0.6 is 47.0 Å². The van der Waals surface area contributed by atoms with Crippen molar-refractivity contribution in [2.45, 2.75) is 9.96 Å². The van der Waals surface area contributed by atoms with Crippen molar-refractivity contribution in [1.82, 2.24) is 10.6 Å². The summed E-state index contributed by atoms with van der Waals surface area (Å²) >= 11 is 22.1. The van der Waals surface area contributed by atoms with Crippen molar-refractivity contribution >= 4 is 63.7 Å². The number of alkyl halides is 4. The number of hydrogen-bond acceptors (Lipinski definition) is 2. The SMILES string of the molecule is O=C(CF)N[C@@H](NC(=S)Nc1ccccc1)C(Cl)(Cl)Cl. The number of thiocarbonyl (C=S) groups is 1. The number of carbonyl (C=O) groups is 1. The van der Waals surface area contributed by atoms with Gasteiger partial charge in [0, 0.05) is 5.69 Å². The molecule has 0 spiro atoms. The lowest BCUT2D eigenvalue weighted by molar-refractivity contribution is -0.122. The quantitative estimate of drug-likeness (QED) is 0.440. The summed E-state index contributed by atoms with van der Waals surface area (Å²) in [5.41, 5.74) is 0.713. The highest BCUT2D eigenvalue weighted by Crippen LogP contribution is 2.29. The molecule has 1 amide bonds. The summed E-state index contributed by atoms with van der Waals surface area (Å²) in [5.74, 6) is -0.920. The van der Waals surface area contributed by atoms with Crippen LogP contribution in [0.1, 0.15) is 0 Å². The second-order valence-electron chi connectivity index (χ2n) is 3.64. The third-order valence-corrected chi connectivity index (χ3v) is 2.94. The summed E-state index contributed by atoms with van der Waals surface area (Å²) in [6.07, 6.45) is -1.17. The molecule has 0 bridgehead atoms. The van der Waals surface area contributed by atoms with Gasteiger partial charge < -0.3 is 16.0 Å². The topological polar surface area (TPSA) is 53.2 Å². The largest absolute Gasteiger partial charge is 0.339 e. The van der Waals surface area contributed by atoms with E-state index in [1.54, 1.807) is 12.1 Å². The molecule has 0 aliphatic rings. The van der Waals surface area contributed by atoms with Gasteiger partial charge in [0.05, 0.1) is 0 Å². The molecule has 1 atom stereocenters. The van der Waals surface area contributed by atoms with Gasteiger partial charge in [-0.15, -0.1) is 0 Å². The molecule has 0 saturated heterocycles. The Morgan fingerprint density at radius 2 is 1.85 bits per heavy atom. The number of anilines is 1. The lowest BCUT2D eigenvalue weighted by Gasteiger charge is -2.27. The Kier molecular flexibility index (Phi) is 6.75. The predicted molar refractivity (Wildman–Crippen MR) is 84.0 cm³/mol. The van der Waals surface area contributed by atoms with E-state index in [9.17, 15) is 9.18 Å². The molecule has 3 N–H and O–H groups in total. The number of benzene rings is 1. The average Bonchev–Trinajstić information content (AvgIpc) is 2.37. The first-order valence-electron chi connectivity index (χ1n) is 5.37. The fourth-order valence-corrected chi connectivity index (χ4v) is 1.78. The molecule has 0 aliphatic heterocycles. The Labute approximate surface area is 136 Å². The summed E-state index contributed by atoms with van der Waals surface area (Å²) < 4.78 is 10.3. The molecule has 4 nitrogen and oxygen atoms in total. The Hall–Kier alpha value is -0.820. The third-order valence-electron chi connectivity index (χ3n) is 2.06. The molecule has 1 aromatic rings. The zero-order chi connectivity index (χ0) is 15.2. The Bertz CT molecular complexity index is 470. The maximum Gasteiger partial charge on any atom is 0.253 e. The van der Waals surface area contributed by atoms with E-state index in [0.717, 1.165) is 0 Å². The number of rotatable bonds is 4. The van der Waals surface area contributed by atoms with Crippen LogP contribution in [0, 0.1) is 0 Å². The van der Waals surface area contributed by atoms with Gasteiger partial charge in [0.25, 0.3) is 5.91 Å². The van der Waals surface area contributed by atoms with Gasteiger partial charge >= 0.3 is 0 Å². The normalized spacial score (nSPS) is 12.4. The summed E-state index contributed by atoms with van der Waals surface area (Å²) in [7, 11) is 0. The highest BCUT2D eigenvalue weighted by atomic mass is 35.6. The van der Waals surface area contributed by atoms with Crippen LogP contribution in [0.3, 0.4) is 0 Å². The van der Waals surface area contributed by atoms with E-state index in [1.807, 2.05) is 18.2 Å². The zero-order valence-electron chi connectivity index (χ0n) is 10.00. The number of amides is 1. The van der Waals surface area contributed by atoms with Crippen LogP contribution in [0.15, 0.2) is 30.3 Å². The second kappa shape index (κ2) is 7.83. The molecule has 1 aromatic carbocycles. The molecule has 110 valence electrons. The zero-order valence-corrected chi connectivity index (χ0v) is 13.1. The van der Waals surface area contributed by atoms with E-state index in [4.69, 9.17) is 47.0 Å². The van der Waals surface area contributed by atoms with Crippen molar-refractivity contribution in [3.05, 3.63) is 30.3 Å². The number of para-hydroxylation sites is 1. The molecule has 0 aliphatic carbocycles. The maximum atomic E-state index is 12.2. The smallest absolute Gasteiger partial charge is 0.253 e. The number of carbonyl (C=O) groups excluding carboxylic acids is 1. The van der Waals surface area contributed by atoms with Gasteiger partial charge in [0.1, 0.15) is 6.17 Å². The number of hydrogen-bond donors (Lipinski definition) is 3. The first-order valence-corrected chi connectivity index (χ1v) is 6.91. The third kappa shape index (κ3) is 6.09. The molecule has 0 heterocycles. The molecule has 0 fully saturated rings. The van der Waals surface area contributed by atoms with Gasteiger partial charge in [-0.2, -0.15) is 0 Å². The monoisotopic (exact) mass is 357 g/mol. The maximum absolute atomic E-state index is 12.2. The van der Waals surface area contributed by atoms with Crippen LogP contribution in [-0.2, 0) is 4.79 Å². The standard InChI is InChI=1S/C11H11Cl3FN3OS/c12-11(13,14)9(17-8(19)6-15)18-10(20)16-7-4-2-1-3-5-7/h1-5,9H,6H2,(H,17,19)(H2,16,18,20)/t9-/m0/s1. The highest BCUT2D eigenvalue weighted by molar-refractivity contribution is 7.80. The molecule has 0 saturated carbocycles. The highest BCUT2D eigenvalue weighted by Gasteiger charge is 2.34. The number of nitrogens with one attached hydrogen (secondary N) is 3. The molecule has 0 radical (unpaired) electrons. The average molecular weight is 359 g/mol. The molecule has 1 rings (SSSR count). The van der Waals surface area contributed by atoms with Crippen molar-refractivity contribution in [3.63, 3.8) is 0 Å². The van der Waals surface area contributed by atoms with E-state index in [2.05, 4.69) is 16.0 Å². The molecule has 9 heteroatoms. The van der Waals surface area contributed by atoms with E-state index in [1.165, 1.54) is 0 Å². The van der Waals surface area contributed by atoms with E-state index >= 15 is 0 Å². The van der Waals surface area contributed by atoms with Crippen LogP contribution in [0.2, 0.25) is 0 Å². The summed E-state index contributed by atoms with van der Waals surface area (Å²) in [6, 6.07) is 9.01. The molecular weight excluding hydrogens is 348 g/mol. The summed E-state index contributed by atoms with van der Waals surface area (Å²) in [4.78, 5) is 11.0. The molecule has 0 aromatic heterocycles. The van der Waals surface area contributed by atoms with Crippen LogP contribution < -0.4 is 16.0 Å². The fourth-order valence-electron chi connectivity index (χ4n) is 1.22. The van der Waals surface area contributed by atoms with Gasteiger partial charge in [0.2, 0.25) is 3.79 Å². The predicted octanol–water partition coefficient (Wildman–Crippen LogP) is 2.76. The Morgan fingerprint density at radius 3 is 2.35 bits per heavy atom. The Morgan fingerprint density at radius 1 is 1.25 bits per heavy atom. The lowest BCUT2D eigenvalue weighted by atomic mass is 10.3. The van der Waals surface area contributed by atoms with Gasteiger partial charge in [0.15, 0.2) is 11.8 Å². The van der Waals surface area contributed by atoms with E-state index < -0.39 is 22.5 Å². The molecule has 20 heavy (non-hydrogen) atoms. The van der Waals surface area contributed by atoms with Crippen molar-refractivity contribution in [2.75, 3.05) is 12.0 Å². The number of halogens is 4.